The number of hydrogen-bond acceptors (Lipinski definition) is 2. The summed E-state index contributed by atoms with van der Waals surface area (Å²) in [5.74, 6) is 0.891. The van der Waals surface area contributed by atoms with Gasteiger partial charge >= 0.3 is 0 Å². The molecular weight excluding hydrogens is 256 g/mol. The normalized spacial score (nSPS) is 23.5. The number of piperazine rings is 1. The Morgan fingerprint density at radius 1 is 1.05 bits per heavy atom. The summed E-state index contributed by atoms with van der Waals surface area (Å²) in [6, 6.07) is 6.81. The smallest absolute Gasteiger partial charge is 0.0399 e. The van der Waals surface area contributed by atoms with E-state index in [9.17, 15) is 0 Å². The van der Waals surface area contributed by atoms with Crippen LogP contribution in [0.3, 0.4) is 0 Å². The molecule has 0 aromatic heterocycles. The van der Waals surface area contributed by atoms with Crippen molar-refractivity contribution in [1.82, 2.24) is 4.90 Å². The van der Waals surface area contributed by atoms with Crippen LogP contribution in [0.25, 0.3) is 0 Å². The van der Waals surface area contributed by atoms with Crippen LogP contribution < -0.4 is 4.90 Å². The molecule has 2 nitrogen and oxygen atoms in total. The Morgan fingerprint density at radius 3 is 2.57 bits per heavy atom. The second-order valence-electron chi connectivity index (χ2n) is 6.73. The van der Waals surface area contributed by atoms with Crippen molar-refractivity contribution in [2.24, 2.45) is 5.92 Å². The fourth-order valence-corrected chi connectivity index (χ4v) is 3.62. The van der Waals surface area contributed by atoms with E-state index in [0.717, 1.165) is 5.92 Å². The van der Waals surface area contributed by atoms with Gasteiger partial charge in [-0.25, -0.2) is 0 Å². The quantitative estimate of drug-likeness (QED) is 0.779. The highest BCUT2D eigenvalue weighted by atomic mass is 15.3. The van der Waals surface area contributed by atoms with Crippen LogP contribution in [0.15, 0.2) is 30.4 Å². The predicted octanol–water partition coefficient (Wildman–Crippen LogP) is 3.78. The van der Waals surface area contributed by atoms with Crippen LogP contribution in [0, 0.1) is 19.8 Å². The van der Waals surface area contributed by atoms with E-state index in [2.05, 4.69) is 54.0 Å². The Hall–Kier alpha value is -1.28. The van der Waals surface area contributed by atoms with Gasteiger partial charge in [0.25, 0.3) is 0 Å². The molecule has 1 aliphatic heterocycles. The SMILES string of the molecule is Cc1ccc(C)c(N2CCN(C[C@H]3CC=CCC3)CC2)c1. The molecule has 0 amide bonds. The summed E-state index contributed by atoms with van der Waals surface area (Å²) in [5, 5.41) is 0. The van der Waals surface area contributed by atoms with Gasteiger partial charge in [-0.05, 0) is 56.2 Å². The van der Waals surface area contributed by atoms with Gasteiger partial charge in [-0.3, -0.25) is 4.90 Å². The first kappa shape index (κ1) is 14.6. The van der Waals surface area contributed by atoms with Gasteiger partial charge in [0.2, 0.25) is 0 Å². The number of benzene rings is 1. The van der Waals surface area contributed by atoms with E-state index < -0.39 is 0 Å². The standard InChI is InChI=1S/C19H28N2/c1-16-8-9-17(2)19(14-16)21-12-10-20(11-13-21)15-18-6-4-3-5-7-18/h3-4,8-9,14,18H,5-7,10-13,15H2,1-2H3/t18-/m0/s1. The van der Waals surface area contributed by atoms with E-state index in [1.807, 2.05) is 0 Å². The Morgan fingerprint density at radius 2 is 1.86 bits per heavy atom. The highest BCUT2D eigenvalue weighted by Gasteiger charge is 2.21. The summed E-state index contributed by atoms with van der Waals surface area (Å²) in [7, 11) is 0. The summed E-state index contributed by atoms with van der Waals surface area (Å²) in [6.07, 6.45) is 8.67. The molecule has 21 heavy (non-hydrogen) atoms. The Bertz CT molecular complexity index is 498. The van der Waals surface area contributed by atoms with Crippen molar-refractivity contribution < 1.29 is 0 Å². The molecule has 2 aliphatic rings. The zero-order chi connectivity index (χ0) is 14.7. The van der Waals surface area contributed by atoms with Crippen molar-refractivity contribution in [1.29, 1.82) is 0 Å². The topological polar surface area (TPSA) is 6.48 Å². The number of hydrogen-bond donors (Lipinski definition) is 0. The van der Waals surface area contributed by atoms with Crippen molar-refractivity contribution in [3.05, 3.63) is 41.5 Å². The molecule has 0 saturated carbocycles. The fourth-order valence-electron chi connectivity index (χ4n) is 3.62. The molecule has 1 fully saturated rings. The minimum absolute atomic E-state index is 0.891. The average Bonchev–Trinajstić information content (AvgIpc) is 2.52. The second kappa shape index (κ2) is 6.65. The first-order valence-electron chi connectivity index (χ1n) is 8.42. The molecule has 1 aliphatic carbocycles. The molecule has 0 N–H and O–H groups in total. The molecule has 1 atom stereocenters. The molecule has 1 heterocycles. The molecule has 1 saturated heterocycles. The monoisotopic (exact) mass is 284 g/mol. The molecule has 2 heteroatoms. The van der Waals surface area contributed by atoms with Crippen molar-refractivity contribution in [2.45, 2.75) is 33.1 Å². The number of anilines is 1. The number of rotatable bonds is 3. The lowest BCUT2D eigenvalue weighted by molar-refractivity contribution is 0.211. The molecule has 0 radical (unpaired) electrons. The molecule has 0 unspecified atom stereocenters. The maximum absolute atomic E-state index is 2.67. The molecule has 114 valence electrons. The van der Waals surface area contributed by atoms with Crippen molar-refractivity contribution >= 4 is 5.69 Å². The molecular formula is C19H28N2. The van der Waals surface area contributed by atoms with Gasteiger partial charge in [0.15, 0.2) is 0 Å². The third kappa shape index (κ3) is 3.68. The van der Waals surface area contributed by atoms with Crippen LogP contribution in [0.2, 0.25) is 0 Å². The third-order valence-corrected chi connectivity index (χ3v) is 4.97. The van der Waals surface area contributed by atoms with Gasteiger partial charge in [-0.1, -0.05) is 24.3 Å². The summed E-state index contributed by atoms with van der Waals surface area (Å²) < 4.78 is 0. The Kier molecular flexibility index (Phi) is 4.64. The van der Waals surface area contributed by atoms with E-state index in [1.54, 1.807) is 0 Å². The number of aryl methyl sites for hydroxylation is 2. The molecule has 0 bridgehead atoms. The lowest BCUT2D eigenvalue weighted by Crippen LogP contribution is -2.48. The summed E-state index contributed by atoms with van der Waals surface area (Å²) in [5.41, 5.74) is 4.22. The lowest BCUT2D eigenvalue weighted by Gasteiger charge is -2.38. The number of allylic oxidation sites excluding steroid dienone is 2. The second-order valence-corrected chi connectivity index (χ2v) is 6.73. The van der Waals surface area contributed by atoms with E-state index in [1.165, 1.54) is 68.8 Å². The minimum Gasteiger partial charge on any atom is -0.369 e. The first-order valence-corrected chi connectivity index (χ1v) is 8.42. The fraction of sp³-hybridized carbons (Fsp3) is 0.579. The van der Waals surface area contributed by atoms with Crippen molar-refractivity contribution in [3.63, 3.8) is 0 Å². The van der Waals surface area contributed by atoms with Crippen LogP contribution >= 0.6 is 0 Å². The minimum atomic E-state index is 0.891. The van der Waals surface area contributed by atoms with Crippen molar-refractivity contribution in [2.75, 3.05) is 37.6 Å². The zero-order valence-electron chi connectivity index (χ0n) is 13.5. The highest BCUT2D eigenvalue weighted by molar-refractivity contribution is 5.55. The summed E-state index contributed by atoms with van der Waals surface area (Å²) in [6.45, 7) is 10.5. The van der Waals surface area contributed by atoms with Gasteiger partial charge in [-0.15, -0.1) is 0 Å². The predicted molar refractivity (Wildman–Crippen MR) is 91.1 cm³/mol. The van der Waals surface area contributed by atoms with E-state index in [-0.39, 0.29) is 0 Å². The Labute approximate surface area is 129 Å². The van der Waals surface area contributed by atoms with Crippen LogP contribution in [0.1, 0.15) is 30.4 Å². The van der Waals surface area contributed by atoms with Crippen LogP contribution in [-0.2, 0) is 0 Å². The van der Waals surface area contributed by atoms with Crippen LogP contribution in [-0.4, -0.2) is 37.6 Å². The average molecular weight is 284 g/mol. The maximum atomic E-state index is 2.67. The van der Waals surface area contributed by atoms with Gasteiger partial charge in [0.1, 0.15) is 0 Å². The van der Waals surface area contributed by atoms with Crippen LogP contribution in [0.4, 0.5) is 5.69 Å². The largest absolute Gasteiger partial charge is 0.369 e. The number of nitrogens with zero attached hydrogens (tertiary/aromatic N) is 2. The zero-order valence-corrected chi connectivity index (χ0v) is 13.5. The van der Waals surface area contributed by atoms with Gasteiger partial charge in [-0.2, -0.15) is 0 Å². The van der Waals surface area contributed by atoms with Gasteiger partial charge in [0, 0.05) is 38.4 Å². The third-order valence-electron chi connectivity index (χ3n) is 4.97. The van der Waals surface area contributed by atoms with Gasteiger partial charge < -0.3 is 4.90 Å². The van der Waals surface area contributed by atoms with E-state index >= 15 is 0 Å². The molecule has 3 rings (SSSR count). The Balaban J connectivity index is 1.55. The van der Waals surface area contributed by atoms with Crippen LogP contribution in [0.5, 0.6) is 0 Å². The lowest BCUT2D eigenvalue weighted by atomic mass is 9.94. The molecule has 1 aromatic carbocycles. The molecule has 0 spiro atoms. The summed E-state index contributed by atoms with van der Waals surface area (Å²) in [4.78, 5) is 5.24. The maximum Gasteiger partial charge on any atom is 0.0399 e. The highest BCUT2D eigenvalue weighted by Crippen LogP contribution is 2.24. The molecule has 1 aromatic rings. The summed E-state index contributed by atoms with van der Waals surface area (Å²) >= 11 is 0. The van der Waals surface area contributed by atoms with E-state index in [0.29, 0.717) is 0 Å². The first-order chi connectivity index (χ1) is 10.2. The van der Waals surface area contributed by atoms with Crippen molar-refractivity contribution in [3.8, 4) is 0 Å². The van der Waals surface area contributed by atoms with Gasteiger partial charge in [0.05, 0.1) is 0 Å². The van der Waals surface area contributed by atoms with E-state index in [4.69, 9.17) is 0 Å².